The number of hydrogen-bond donors (Lipinski definition) is 1. The largest absolute Gasteiger partial charge is 0.349 e. The number of nitrogens with one attached hydrogen (secondary N) is 1. The molecule has 5 nitrogen and oxygen atoms in total. The first-order chi connectivity index (χ1) is 14.6. The quantitative estimate of drug-likeness (QED) is 0.365. The molecule has 3 aromatic rings. The Morgan fingerprint density at radius 3 is 2.40 bits per heavy atom. The fourth-order valence-electron chi connectivity index (χ4n) is 3.29. The van der Waals surface area contributed by atoms with Crippen LogP contribution >= 0.6 is 11.8 Å². The van der Waals surface area contributed by atoms with Gasteiger partial charge in [-0.1, -0.05) is 92.3 Å². The maximum Gasteiger partial charge on any atom is 0.230 e. The molecule has 0 saturated heterocycles. The van der Waals surface area contributed by atoms with E-state index < -0.39 is 0 Å². The molecule has 0 fully saturated rings. The molecule has 0 bridgehead atoms. The lowest BCUT2D eigenvalue weighted by molar-refractivity contribution is -0.119. The van der Waals surface area contributed by atoms with Crippen LogP contribution in [0.4, 0.5) is 0 Å². The molecule has 0 spiro atoms. The molecule has 1 atom stereocenters. The second-order valence-electron chi connectivity index (χ2n) is 7.52. The molecule has 0 radical (unpaired) electrons. The Labute approximate surface area is 182 Å². The van der Waals surface area contributed by atoms with Crippen molar-refractivity contribution < 1.29 is 4.79 Å². The van der Waals surface area contributed by atoms with Crippen LogP contribution in [0.2, 0.25) is 0 Å². The van der Waals surface area contributed by atoms with Crippen LogP contribution < -0.4 is 5.32 Å². The van der Waals surface area contributed by atoms with Crippen molar-refractivity contribution in [3.8, 4) is 11.4 Å². The molecule has 6 heteroatoms. The van der Waals surface area contributed by atoms with Crippen molar-refractivity contribution in [2.75, 3.05) is 5.75 Å². The zero-order chi connectivity index (χ0) is 21.3. The maximum atomic E-state index is 12.7. The van der Waals surface area contributed by atoms with E-state index in [1.165, 1.54) is 11.8 Å². The molecule has 1 amide bonds. The highest BCUT2D eigenvalue weighted by Gasteiger charge is 2.18. The zero-order valence-electron chi connectivity index (χ0n) is 17.5. The molecule has 1 aromatic heterocycles. The van der Waals surface area contributed by atoms with Gasteiger partial charge >= 0.3 is 0 Å². The third kappa shape index (κ3) is 5.83. The second kappa shape index (κ2) is 10.8. The first kappa shape index (κ1) is 21.8. The number of aromatic nitrogens is 3. The molecule has 1 heterocycles. The van der Waals surface area contributed by atoms with Crippen molar-refractivity contribution in [3.05, 3.63) is 78.9 Å². The predicted molar refractivity (Wildman–Crippen MR) is 123 cm³/mol. The Balaban J connectivity index is 1.69. The van der Waals surface area contributed by atoms with Crippen LogP contribution in [-0.4, -0.2) is 26.4 Å². The average molecular weight is 421 g/mol. The molecular formula is C24H28N4OS. The molecule has 1 N–H and O–H groups in total. The van der Waals surface area contributed by atoms with Crippen LogP contribution in [0.25, 0.3) is 11.4 Å². The van der Waals surface area contributed by atoms with Gasteiger partial charge in [0, 0.05) is 12.1 Å². The maximum absolute atomic E-state index is 12.7. The van der Waals surface area contributed by atoms with Crippen molar-refractivity contribution in [1.29, 1.82) is 0 Å². The standard InChI is InChI=1S/C24H28N4OS/c1-4-15-28-23(20-13-9-6-10-14-20)26-27-24(28)30-17-22(29)25-21(16-18(2)3)19-11-7-5-8-12-19/h4-14,18,21H,1,15-17H2,2-3H3,(H,25,29). The van der Waals surface area contributed by atoms with Gasteiger partial charge in [-0.05, 0) is 17.9 Å². The molecule has 0 aliphatic carbocycles. The molecule has 3 rings (SSSR count). The van der Waals surface area contributed by atoms with Gasteiger partial charge < -0.3 is 5.32 Å². The summed E-state index contributed by atoms with van der Waals surface area (Å²) in [4.78, 5) is 12.7. The van der Waals surface area contributed by atoms with E-state index in [-0.39, 0.29) is 17.7 Å². The zero-order valence-corrected chi connectivity index (χ0v) is 18.3. The molecule has 156 valence electrons. The van der Waals surface area contributed by atoms with Gasteiger partial charge in [0.05, 0.1) is 11.8 Å². The lowest BCUT2D eigenvalue weighted by Gasteiger charge is -2.21. The molecule has 0 aliphatic rings. The van der Waals surface area contributed by atoms with Crippen molar-refractivity contribution >= 4 is 17.7 Å². The number of rotatable bonds is 10. The van der Waals surface area contributed by atoms with Gasteiger partial charge in [-0.3, -0.25) is 9.36 Å². The Bertz CT molecular complexity index is 954. The van der Waals surface area contributed by atoms with Gasteiger partial charge in [-0.15, -0.1) is 16.8 Å². The summed E-state index contributed by atoms with van der Waals surface area (Å²) in [5.74, 6) is 1.53. The number of hydrogen-bond acceptors (Lipinski definition) is 4. The molecule has 0 saturated carbocycles. The number of benzene rings is 2. The third-order valence-corrected chi connectivity index (χ3v) is 5.60. The van der Waals surface area contributed by atoms with Gasteiger partial charge in [0.25, 0.3) is 0 Å². The summed E-state index contributed by atoms with van der Waals surface area (Å²) in [7, 11) is 0. The minimum Gasteiger partial charge on any atom is -0.349 e. The van der Waals surface area contributed by atoms with E-state index in [0.717, 1.165) is 23.4 Å². The summed E-state index contributed by atoms with van der Waals surface area (Å²) in [5.41, 5.74) is 2.12. The van der Waals surface area contributed by atoms with Gasteiger partial charge in [-0.25, -0.2) is 0 Å². The van der Waals surface area contributed by atoms with E-state index in [1.807, 2.05) is 59.2 Å². The van der Waals surface area contributed by atoms with Crippen LogP contribution in [0, 0.1) is 5.92 Å². The molecule has 1 unspecified atom stereocenters. The topological polar surface area (TPSA) is 59.8 Å². The van der Waals surface area contributed by atoms with Crippen LogP contribution in [-0.2, 0) is 11.3 Å². The van der Waals surface area contributed by atoms with Crippen LogP contribution in [0.5, 0.6) is 0 Å². The van der Waals surface area contributed by atoms with E-state index in [1.54, 1.807) is 0 Å². The lowest BCUT2D eigenvalue weighted by atomic mass is 9.97. The van der Waals surface area contributed by atoms with Gasteiger partial charge in [-0.2, -0.15) is 0 Å². The summed E-state index contributed by atoms with van der Waals surface area (Å²) in [6.45, 7) is 8.76. The SMILES string of the molecule is C=CCn1c(SCC(=O)NC(CC(C)C)c2ccccc2)nnc1-c1ccccc1. The highest BCUT2D eigenvalue weighted by Crippen LogP contribution is 2.25. The number of allylic oxidation sites excluding steroid dienone is 1. The molecule has 0 aliphatic heterocycles. The Morgan fingerprint density at radius 2 is 1.77 bits per heavy atom. The summed E-state index contributed by atoms with van der Waals surface area (Å²) < 4.78 is 1.99. The summed E-state index contributed by atoms with van der Waals surface area (Å²) in [6, 6.07) is 20.1. The highest BCUT2D eigenvalue weighted by molar-refractivity contribution is 7.99. The van der Waals surface area contributed by atoms with Gasteiger partial charge in [0.2, 0.25) is 5.91 Å². The Hall–Kier alpha value is -2.86. The number of nitrogens with zero attached hydrogens (tertiary/aromatic N) is 3. The normalized spacial score (nSPS) is 12.0. The van der Waals surface area contributed by atoms with E-state index >= 15 is 0 Å². The van der Waals surface area contributed by atoms with Crippen molar-refractivity contribution in [2.45, 2.75) is 38.0 Å². The van der Waals surface area contributed by atoms with Gasteiger partial charge in [0.1, 0.15) is 0 Å². The average Bonchev–Trinajstić information content (AvgIpc) is 3.15. The van der Waals surface area contributed by atoms with Crippen molar-refractivity contribution in [2.24, 2.45) is 5.92 Å². The fourth-order valence-corrected chi connectivity index (χ4v) is 4.05. The fraction of sp³-hybridized carbons (Fsp3) is 0.292. The lowest BCUT2D eigenvalue weighted by Crippen LogP contribution is -2.31. The summed E-state index contributed by atoms with van der Waals surface area (Å²) >= 11 is 1.40. The predicted octanol–water partition coefficient (Wildman–Crippen LogP) is 5.13. The first-order valence-corrected chi connectivity index (χ1v) is 11.1. The summed E-state index contributed by atoms with van der Waals surface area (Å²) in [5, 5.41) is 12.6. The number of thioether (sulfide) groups is 1. The Kier molecular flexibility index (Phi) is 7.85. The number of amides is 1. The minimum absolute atomic E-state index is 0.00484. The molecule has 2 aromatic carbocycles. The van der Waals surface area contributed by atoms with Crippen molar-refractivity contribution in [1.82, 2.24) is 20.1 Å². The Morgan fingerprint density at radius 1 is 1.10 bits per heavy atom. The number of carbonyl (C=O) groups excluding carboxylic acids is 1. The summed E-state index contributed by atoms with van der Waals surface area (Å²) in [6.07, 6.45) is 2.71. The van der Waals surface area contributed by atoms with Gasteiger partial charge in [0.15, 0.2) is 11.0 Å². The third-order valence-electron chi connectivity index (χ3n) is 4.64. The van der Waals surface area contributed by atoms with E-state index in [2.05, 4.69) is 48.1 Å². The highest BCUT2D eigenvalue weighted by atomic mass is 32.2. The molecule has 30 heavy (non-hydrogen) atoms. The van der Waals surface area contributed by atoms with E-state index in [4.69, 9.17) is 0 Å². The number of carbonyl (C=O) groups is 1. The monoisotopic (exact) mass is 420 g/mol. The first-order valence-electron chi connectivity index (χ1n) is 10.1. The second-order valence-corrected chi connectivity index (χ2v) is 8.46. The van der Waals surface area contributed by atoms with E-state index in [9.17, 15) is 4.79 Å². The van der Waals surface area contributed by atoms with Crippen LogP contribution in [0.15, 0.2) is 78.5 Å². The van der Waals surface area contributed by atoms with Crippen LogP contribution in [0.1, 0.15) is 31.9 Å². The van der Waals surface area contributed by atoms with E-state index in [0.29, 0.717) is 17.6 Å². The minimum atomic E-state index is -0.0103. The molecular weight excluding hydrogens is 392 g/mol. The smallest absolute Gasteiger partial charge is 0.230 e. The van der Waals surface area contributed by atoms with Crippen LogP contribution in [0.3, 0.4) is 0 Å². The van der Waals surface area contributed by atoms with Crippen molar-refractivity contribution in [3.63, 3.8) is 0 Å².